The van der Waals surface area contributed by atoms with Crippen LogP contribution in [0.15, 0.2) is 35.1 Å². The molecule has 0 spiro atoms. The van der Waals surface area contributed by atoms with E-state index in [1.807, 2.05) is 19.9 Å². The smallest absolute Gasteiger partial charge is 0.267 e. The third kappa shape index (κ3) is 4.17. The van der Waals surface area contributed by atoms with Crippen LogP contribution in [0.2, 0.25) is 0 Å². The lowest BCUT2D eigenvalue weighted by Gasteiger charge is -2.18. The van der Waals surface area contributed by atoms with Crippen molar-refractivity contribution >= 4 is 5.91 Å². The Kier molecular flexibility index (Phi) is 6.16. The summed E-state index contributed by atoms with van der Waals surface area (Å²) in [6.45, 7) is 4.91. The number of benzene rings is 1. The molecule has 1 amide bonds. The predicted molar refractivity (Wildman–Crippen MR) is 95.0 cm³/mol. The Bertz CT molecular complexity index is 797. The Morgan fingerprint density at radius 1 is 1.08 bits per heavy atom. The lowest BCUT2D eigenvalue weighted by Crippen LogP contribution is -2.37. The van der Waals surface area contributed by atoms with Crippen molar-refractivity contribution < 1.29 is 14.3 Å². The van der Waals surface area contributed by atoms with Crippen LogP contribution in [0.25, 0.3) is 11.3 Å². The van der Waals surface area contributed by atoms with Crippen LogP contribution < -0.4 is 15.0 Å². The number of rotatable bonds is 7. The molecule has 1 heterocycles. The summed E-state index contributed by atoms with van der Waals surface area (Å²) in [5.41, 5.74) is 1.03. The molecule has 0 saturated carbocycles. The van der Waals surface area contributed by atoms with Gasteiger partial charge in [0.15, 0.2) is 11.5 Å². The molecule has 7 nitrogen and oxygen atoms in total. The van der Waals surface area contributed by atoms with E-state index in [0.717, 1.165) is 5.56 Å². The van der Waals surface area contributed by atoms with Gasteiger partial charge in [-0.3, -0.25) is 9.59 Å². The molecule has 0 aliphatic heterocycles. The number of carbonyl (C=O) groups is 1. The highest BCUT2D eigenvalue weighted by atomic mass is 16.5. The summed E-state index contributed by atoms with van der Waals surface area (Å²) in [5.74, 6) is 1.04. The van der Waals surface area contributed by atoms with Gasteiger partial charge in [0.05, 0.1) is 19.9 Å². The van der Waals surface area contributed by atoms with Gasteiger partial charge in [-0.05, 0) is 38.1 Å². The fourth-order valence-corrected chi connectivity index (χ4v) is 2.52. The van der Waals surface area contributed by atoms with E-state index in [0.29, 0.717) is 30.3 Å². The first kappa shape index (κ1) is 18.5. The summed E-state index contributed by atoms with van der Waals surface area (Å²) in [7, 11) is 3.12. The largest absolute Gasteiger partial charge is 0.493 e. The van der Waals surface area contributed by atoms with Gasteiger partial charge < -0.3 is 14.4 Å². The molecule has 0 N–H and O–H groups in total. The predicted octanol–water partition coefficient (Wildman–Crippen LogP) is 1.80. The molecular formula is C18H23N3O4. The first-order valence-electron chi connectivity index (χ1n) is 8.12. The summed E-state index contributed by atoms with van der Waals surface area (Å²) in [6.07, 6.45) is 0. The summed E-state index contributed by atoms with van der Waals surface area (Å²) < 4.78 is 11.7. The highest BCUT2D eigenvalue weighted by Gasteiger charge is 2.13. The number of amides is 1. The molecule has 0 saturated heterocycles. The molecule has 1 aromatic carbocycles. The van der Waals surface area contributed by atoms with Gasteiger partial charge in [-0.2, -0.15) is 5.10 Å². The van der Waals surface area contributed by atoms with Crippen molar-refractivity contribution in [3.8, 4) is 22.8 Å². The molecule has 0 fully saturated rings. The van der Waals surface area contributed by atoms with E-state index < -0.39 is 0 Å². The number of likely N-dealkylation sites (N-methyl/N-ethyl adjacent to an activating group) is 1. The van der Waals surface area contributed by atoms with Crippen molar-refractivity contribution in [2.24, 2.45) is 0 Å². The molecule has 0 aliphatic rings. The van der Waals surface area contributed by atoms with Crippen LogP contribution in [0.3, 0.4) is 0 Å². The lowest BCUT2D eigenvalue weighted by atomic mass is 10.1. The van der Waals surface area contributed by atoms with Gasteiger partial charge in [-0.25, -0.2) is 4.68 Å². The monoisotopic (exact) mass is 345 g/mol. The zero-order chi connectivity index (χ0) is 18.4. The highest BCUT2D eigenvalue weighted by Crippen LogP contribution is 2.31. The Morgan fingerprint density at radius 2 is 1.76 bits per heavy atom. The molecule has 2 rings (SSSR count). The summed E-state index contributed by atoms with van der Waals surface area (Å²) >= 11 is 0. The minimum Gasteiger partial charge on any atom is -0.493 e. The highest BCUT2D eigenvalue weighted by molar-refractivity contribution is 5.75. The van der Waals surface area contributed by atoms with E-state index in [4.69, 9.17) is 9.47 Å². The quantitative estimate of drug-likeness (QED) is 0.765. The van der Waals surface area contributed by atoms with Crippen LogP contribution in [0, 0.1) is 0 Å². The molecular weight excluding hydrogens is 322 g/mol. The van der Waals surface area contributed by atoms with Crippen molar-refractivity contribution in [2.45, 2.75) is 20.4 Å². The third-order valence-corrected chi connectivity index (χ3v) is 3.95. The van der Waals surface area contributed by atoms with Crippen LogP contribution in [-0.2, 0) is 11.3 Å². The molecule has 0 aliphatic carbocycles. The molecule has 0 atom stereocenters. The lowest BCUT2D eigenvalue weighted by molar-refractivity contribution is -0.131. The first-order valence-corrected chi connectivity index (χ1v) is 8.12. The van der Waals surface area contributed by atoms with Crippen molar-refractivity contribution in [1.82, 2.24) is 14.7 Å². The number of carbonyl (C=O) groups excluding carboxylic acids is 1. The van der Waals surface area contributed by atoms with Gasteiger partial charge in [-0.15, -0.1) is 0 Å². The van der Waals surface area contributed by atoms with Crippen molar-refractivity contribution in [1.29, 1.82) is 0 Å². The summed E-state index contributed by atoms with van der Waals surface area (Å²) in [4.78, 5) is 26.0. The van der Waals surface area contributed by atoms with Gasteiger partial charge in [0.2, 0.25) is 5.91 Å². The summed E-state index contributed by atoms with van der Waals surface area (Å²) in [6, 6.07) is 8.41. The van der Waals surface area contributed by atoms with E-state index in [1.54, 1.807) is 37.3 Å². The zero-order valence-electron chi connectivity index (χ0n) is 15.0. The maximum Gasteiger partial charge on any atom is 0.267 e. The maximum absolute atomic E-state index is 12.2. The second kappa shape index (κ2) is 8.32. The Balaban J connectivity index is 2.36. The Hall–Kier alpha value is -2.83. The Morgan fingerprint density at radius 3 is 2.36 bits per heavy atom. The molecule has 1 aromatic heterocycles. The van der Waals surface area contributed by atoms with Crippen molar-refractivity contribution in [2.75, 3.05) is 27.3 Å². The van der Waals surface area contributed by atoms with Gasteiger partial charge in [0.1, 0.15) is 6.54 Å². The van der Waals surface area contributed by atoms with E-state index in [9.17, 15) is 9.59 Å². The minimum atomic E-state index is -0.315. The normalized spacial score (nSPS) is 10.4. The third-order valence-electron chi connectivity index (χ3n) is 3.95. The number of hydrogen-bond donors (Lipinski definition) is 0. The molecule has 134 valence electrons. The fourth-order valence-electron chi connectivity index (χ4n) is 2.52. The standard InChI is InChI=1S/C18H23N3O4/c1-5-20(6-2)18(23)12-21-17(22)10-8-14(19-21)13-7-9-15(24-3)16(11-13)25-4/h7-11H,5-6,12H2,1-4H3. The topological polar surface area (TPSA) is 73.7 Å². The van der Waals surface area contributed by atoms with Crippen molar-refractivity contribution in [3.63, 3.8) is 0 Å². The number of aromatic nitrogens is 2. The number of hydrogen-bond acceptors (Lipinski definition) is 5. The zero-order valence-corrected chi connectivity index (χ0v) is 15.0. The SMILES string of the molecule is CCN(CC)C(=O)Cn1nc(-c2ccc(OC)c(OC)c2)ccc1=O. The van der Waals surface area contributed by atoms with Crippen LogP contribution in [0.1, 0.15) is 13.8 Å². The van der Waals surface area contributed by atoms with Crippen molar-refractivity contribution in [3.05, 3.63) is 40.7 Å². The van der Waals surface area contributed by atoms with Gasteiger partial charge in [0, 0.05) is 24.7 Å². The van der Waals surface area contributed by atoms with Crippen LogP contribution >= 0.6 is 0 Å². The second-order valence-electron chi connectivity index (χ2n) is 5.35. The van der Waals surface area contributed by atoms with Crippen LogP contribution in [0.4, 0.5) is 0 Å². The maximum atomic E-state index is 12.2. The molecule has 0 unspecified atom stereocenters. The van der Waals surface area contributed by atoms with Crippen LogP contribution in [0.5, 0.6) is 11.5 Å². The van der Waals surface area contributed by atoms with Gasteiger partial charge in [-0.1, -0.05) is 0 Å². The number of methoxy groups -OCH3 is 2. The minimum absolute atomic E-state index is 0.0817. The van der Waals surface area contributed by atoms with E-state index >= 15 is 0 Å². The molecule has 2 aromatic rings. The van der Waals surface area contributed by atoms with Gasteiger partial charge in [0.25, 0.3) is 5.56 Å². The first-order chi connectivity index (χ1) is 12.0. The molecule has 25 heavy (non-hydrogen) atoms. The van der Waals surface area contributed by atoms with E-state index in [1.165, 1.54) is 10.7 Å². The molecule has 7 heteroatoms. The van der Waals surface area contributed by atoms with Crippen LogP contribution in [-0.4, -0.2) is 47.9 Å². The second-order valence-corrected chi connectivity index (χ2v) is 5.35. The van der Waals surface area contributed by atoms with Gasteiger partial charge >= 0.3 is 0 Å². The average molecular weight is 345 g/mol. The molecule has 0 bridgehead atoms. The van der Waals surface area contributed by atoms with E-state index in [2.05, 4.69) is 5.10 Å². The molecule has 0 radical (unpaired) electrons. The Labute approximate surface area is 146 Å². The average Bonchev–Trinajstić information content (AvgIpc) is 2.64. The number of ether oxygens (including phenoxy) is 2. The summed E-state index contributed by atoms with van der Waals surface area (Å²) in [5, 5.41) is 4.32. The number of nitrogens with zero attached hydrogens (tertiary/aromatic N) is 3. The fraction of sp³-hybridized carbons (Fsp3) is 0.389. The van der Waals surface area contributed by atoms with E-state index in [-0.39, 0.29) is 18.0 Å².